The Morgan fingerprint density at radius 1 is 1.22 bits per heavy atom. The van der Waals surface area contributed by atoms with Crippen molar-refractivity contribution in [3.8, 4) is 0 Å². The van der Waals surface area contributed by atoms with Gasteiger partial charge in [-0.15, -0.1) is 0 Å². The summed E-state index contributed by atoms with van der Waals surface area (Å²) in [7, 11) is 0. The van der Waals surface area contributed by atoms with Crippen LogP contribution in [0, 0.1) is 13.8 Å². The highest BCUT2D eigenvalue weighted by atomic mass is 16.1. The molecule has 94 valence electrons. The van der Waals surface area contributed by atoms with Crippen LogP contribution in [0.1, 0.15) is 23.6 Å². The normalized spacial score (nSPS) is 11.8. The maximum absolute atomic E-state index is 11.5. The number of hydrogen-bond acceptors (Lipinski definition) is 3. The molecule has 0 spiro atoms. The van der Waals surface area contributed by atoms with E-state index in [9.17, 15) is 9.59 Å². The Morgan fingerprint density at radius 3 is 2.50 bits per heavy atom. The number of carbonyl (C=O) groups is 2. The van der Waals surface area contributed by atoms with E-state index in [1.54, 1.807) is 6.08 Å². The highest BCUT2D eigenvalue weighted by Gasteiger charge is 2.00. The summed E-state index contributed by atoms with van der Waals surface area (Å²) in [6.07, 6.45) is 4.29. The predicted octanol–water partition coefficient (Wildman–Crippen LogP) is 2.32. The number of aryl methyl sites for hydroxylation is 2. The van der Waals surface area contributed by atoms with Crippen LogP contribution in [-0.2, 0) is 9.59 Å². The smallest absolute Gasteiger partial charge is 0.180 e. The van der Waals surface area contributed by atoms with E-state index in [-0.39, 0.29) is 17.3 Å². The van der Waals surface area contributed by atoms with Crippen LogP contribution in [0.25, 0.3) is 6.08 Å². The fraction of sp³-hybridized carbons (Fsp3) is 0.200. The SMILES string of the molecule is CC(=O)/C(N)=C/C(=O)/C=C/c1cc(C)ccc1C. The minimum atomic E-state index is -0.302. The Morgan fingerprint density at radius 2 is 1.89 bits per heavy atom. The van der Waals surface area contributed by atoms with E-state index in [1.807, 2.05) is 32.0 Å². The summed E-state index contributed by atoms with van der Waals surface area (Å²) in [5, 5.41) is 0. The second kappa shape index (κ2) is 5.96. The molecule has 0 fully saturated rings. The molecule has 0 aliphatic carbocycles. The zero-order chi connectivity index (χ0) is 13.7. The van der Waals surface area contributed by atoms with Crippen molar-refractivity contribution in [2.75, 3.05) is 0 Å². The Bertz CT molecular complexity index is 539. The lowest BCUT2D eigenvalue weighted by atomic mass is 10.0. The Hall–Kier alpha value is -2.16. The van der Waals surface area contributed by atoms with Gasteiger partial charge in [0.25, 0.3) is 0 Å². The van der Waals surface area contributed by atoms with E-state index in [2.05, 4.69) is 0 Å². The third-order valence-electron chi connectivity index (χ3n) is 2.57. The zero-order valence-corrected chi connectivity index (χ0v) is 10.9. The van der Waals surface area contributed by atoms with Crippen LogP contribution in [0.4, 0.5) is 0 Å². The van der Waals surface area contributed by atoms with Crippen LogP contribution in [0.5, 0.6) is 0 Å². The van der Waals surface area contributed by atoms with Gasteiger partial charge in [-0.05, 0) is 31.1 Å². The van der Waals surface area contributed by atoms with Gasteiger partial charge >= 0.3 is 0 Å². The molecule has 3 heteroatoms. The maximum Gasteiger partial charge on any atom is 0.180 e. The van der Waals surface area contributed by atoms with Crippen LogP contribution >= 0.6 is 0 Å². The van der Waals surface area contributed by atoms with Crippen molar-refractivity contribution in [2.45, 2.75) is 20.8 Å². The summed E-state index contributed by atoms with van der Waals surface area (Å²) in [5.74, 6) is -0.591. The van der Waals surface area contributed by atoms with Crippen molar-refractivity contribution in [3.05, 3.63) is 52.7 Å². The third-order valence-corrected chi connectivity index (χ3v) is 2.57. The summed E-state index contributed by atoms with van der Waals surface area (Å²) < 4.78 is 0. The molecule has 0 aliphatic rings. The number of nitrogens with two attached hydrogens (primary N) is 1. The van der Waals surface area contributed by atoms with Gasteiger partial charge in [0.05, 0.1) is 5.70 Å². The number of ketones is 2. The monoisotopic (exact) mass is 243 g/mol. The minimum absolute atomic E-state index is 0.0226. The summed E-state index contributed by atoms with van der Waals surface area (Å²) in [5.41, 5.74) is 8.58. The van der Waals surface area contributed by atoms with Gasteiger partial charge in [0.15, 0.2) is 11.6 Å². The molecule has 1 rings (SSSR count). The lowest BCUT2D eigenvalue weighted by Crippen LogP contribution is -2.08. The lowest BCUT2D eigenvalue weighted by molar-refractivity contribution is -0.114. The van der Waals surface area contributed by atoms with Crippen molar-refractivity contribution < 1.29 is 9.59 Å². The van der Waals surface area contributed by atoms with Gasteiger partial charge in [0.2, 0.25) is 0 Å². The van der Waals surface area contributed by atoms with Crippen molar-refractivity contribution >= 4 is 17.6 Å². The molecule has 1 aromatic carbocycles. The highest BCUT2D eigenvalue weighted by molar-refractivity contribution is 6.07. The van der Waals surface area contributed by atoms with Crippen LogP contribution in [-0.4, -0.2) is 11.6 Å². The van der Waals surface area contributed by atoms with Crippen LogP contribution in [0.15, 0.2) is 36.0 Å². The van der Waals surface area contributed by atoms with Crippen molar-refractivity contribution in [1.82, 2.24) is 0 Å². The van der Waals surface area contributed by atoms with Crippen molar-refractivity contribution in [2.24, 2.45) is 5.73 Å². The zero-order valence-electron chi connectivity index (χ0n) is 10.9. The molecule has 1 aromatic rings. The number of rotatable bonds is 4. The van der Waals surface area contributed by atoms with Gasteiger partial charge in [-0.1, -0.05) is 29.8 Å². The molecule has 0 unspecified atom stereocenters. The van der Waals surface area contributed by atoms with Crippen LogP contribution in [0.2, 0.25) is 0 Å². The lowest BCUT2D eigenvalue weighted by Gasteiger charge is -2.01. The molecule has 0 aromatic heterocycles. The average molecular weight is 243 g/mol. The molecular formula is C15H17NO2. The number of carbonyl (C=O) groups excluding carboxylic acids is 2. The van der Waals surface area contributed by atoms with E-state index in [0.717, 1.165) is 22.8 Å². The van der Waals surface area contributed by atoms with E-state index >= 15 is 0 Å². The molecule has 0 atom stereocenters. The molecule has 0 radical (unpaired) electrons. The predicted molar refractivity (Wildman–Crippen MR) is 72.9 cm³/mol. The van der Waals surface area contributed by atoms with Crippen LogP contribution < -0.4 is 5.73 Å². The minimum Gasteiger partial charge on any atom is -0.396 e. The van der Waals surface area contributed by atoms with Crippen molar-refractivity contribution in [3.63, 3.8) is 0 Å². The third kappa shape index (κ3) is 4.01. The fourth-order valence-electron chi connectivity index (χ4n) is 1.41. The van der Waals surface area contributed by atoms with E-state index < -0.39 is 0 Å². The van der Waals surface area contributed by atoms with Crippen molar-refractivity contribution in [1.29, 1.82) is 0 Å². The first-order valence-electron chi connectivity index (χ1n) is 5.67. The molecule has 0 saturated carbocycles. The second-order valence-electron chi connectivity index (χ2n) is 4.25. The number of Topliss-reactive ketones (excluding diaryl/α,β-unsaturated/α-hetero) is 1. The number of allylic oxidation sites excluding steroid dienone is 3. The number of hydrogen-bond donors (Lipinski definition) is 1. The van der Waals surface area contributed by atoms with Gasteiger partial charge in [0, 0.05) is 13.0 Å². The molecule has 0 saturated heterocycles. The number of benzene rings is 1. The molecule has 3 nitrogen and oxygen atoms in total. The average Bonchev–Trinajstić information content (AvgIpc) is 2.30. The van der Waals surface area contributed by atoms with Gasteiger partial charge in [0.1, 0.15) is 0 Å². The highest BCUT2D eigenvalue weighted by Crippen LogP contribution is 2.12. The second-order valence-corrected chi connectivity index (χ2v) is 4.25. The summed E-state index contributed by atoms with van der Waals surface area (Å²) in [6.45, 7) is 5.29. The summed E-state index contributed by atoms with van der Waals surface area (Å²) in [4.78, 5) is 22.4. The molecule has 0 bridgehead atoms. The molecule has 0 amide bonds. The van der Waals surface area contributed by atoms with Crippen LogP contribution in [0.3, 0.4) is 0 Å². The van der Waals surface area contributed by atoms with Gasteiger partial charge in [-0.3, -0.25) is 9.59 Å². The molecular weight excluding hydrogens is 226 g/mol. The Kier molecular flexibility index (Phi) is 4.60. The van der Waals surface area contributed by atoms with E-state index in [0.29, 0.717) is 0 Å². The standard InChI is InChI=1S/C15H17NO2/c1-10-4-5-11(2)13(8-10)6-7-14(18)9-15(16)12(3)17/h4-9H,16H2,1-3H3/b7-6+,15-9-. The van der Waals surface area contributed by atoms with Gasteiger partial charge < -0.3 is 5.73 Å². The first kappa shape index (κ1) is 13.9. The molecule has 18 heavy (non-hydrogen) atoms. The van der Waals surface area contributed by atoms with Gasteiger partial charge in [-0.2, -0.15) is 0 Å². The first-order chi connectivity index (χ1) is 8.40. The molecule has 0 heterocycles. The first-order valence-corrected chi connectivity index (χ1v) is 5.67. The van der Waals surface area contributed by atoms with E-state index in [1.165, 1.54) is 13.0 Å². The topological polar surface area (TPSA) is 60.2 Å². The Balaban J connectivity index is 2.87. The summed E-state index contributed by atoms with van der Waals surface area (Å²) in [6, 6.07) is 6.01. The molecule has 2 N–H and O–H groups in total. The Labute approximate surface area is 107 Å². The summed E-state index contributed by atoms with van der Waals surface area (Å²) >= 11 is 0. The quantitative estimate of drug-likeness (QED) is 0.825. The molecule has 0 aliphatic heterocycles. The largest absolute Gasteiger partial charge is 0.396 e. The fourth-order valence-corrected chi connectivity index (χ4v) is 1.41. The van der Waals surface area contributed by atoms with Gasteiger partial charge in [-0.25, -0.2) is 0 Å². The van der Waals surface area contributed by atoms with E-state index in [4.69, 9.17) is 5.73 Å². The maximum atomic E-state index is 11.5.